The van der Waals surface area contributed by atoms with E-state index >= 15 is 0 Å². The van der Waals surface area contributed by atoms with Gasteiger partial charge < -0.3 is 24.6 Å². The third kappa shape index (κ3) is 6.37. The highest BCUT2D eigenvalue weighted by Crippen LogP contribution is 2.26. The number of benzene rings is 1. The fourth-order valence-electron chi connectivity index (χ4n) is 4.34. The van der Waals surface area contributed by atoms with Crippen LogP contribution in [-0.2, 0) is 20.9 Å². The van der Waals surface area contributed by atoms with Crippen molar-refractivity contribution >= 4 is 17.9 Å². The largest absolute Gasteiger partial charge is 0.497 e. The van der Waals surface area contributed by atoms with Crippen LogP contribution >= 0.6 is 0 Å². The Bertz CT molecular complexity index is 835. The lowest BCUT2D eigenvalue weighted by Gasteiger charge is -2.36. The highest BCUT2D eigenvalue weighted by Gasteiger charge is 2.39. The predicted octanol–water partition coefficient (Wildman–Crippen LogP) is 2.95. The Hall–Kier alpha value is -2.77. The average Bonchev–Trinajstić information content (AvgIpc) is 3.11. The summed E-state index contributed by atoms with van der Waals surface area (Å²) in [5.41, 5.74) is 0.398. The Morgan fingerprint density at radius 1 is 1.22 bits per heavy atom. The molecule has 3 amide bonds. The Kier molecular flexibility index (Phi) is 7.64. The van der Waals surface area contributed by atoms with Crippen molar-refractivity contribution in [2.24, 2.45) is 5.92 Å². The Morgan fingerprint density at radius 3 is 2.72 bits per heavy atom. The molecular weight excluding hydrogens is 410 g/mol. The topological polar surface area (TPSA) is 88.2 Å². The zero-order valence-electron chi connectivity index (χ0n) is 19.6. The van der Waals surface area contributed by atoms with Crippen LogP contribution in [0.5, 0.6) is 5.75 Å². The quantitative estimate of drug-likeness (QED) is 0.727. The van der Waals surface area contributed by atoms with Gasteiger partial charge in [0.1, 0.15) is 17.4 Å². The summed E-state index contributed by atoms with van der Waals surface area (Å²) in [4.78, 5) is 41.4. The first-order valence-corrected chi connectivity index (χ1v) is 11.3. The van der Waals surface area contributed by atoms with Crippen molar-refractivity contribution in [2.45, 2.75) is 64.6 Å². The molecule has 8 heteroatoms. The van der Waals surface area contributed by atoms with E-state index in [4.69, 9.17) is 9.47 Å². The number of likely N-dealkylation sites (tertiary alicyclic amines) is 2. The van der Waals surface area contributed by atoms with Gasteiger partial charge >= 0.3 is 6.09 Å². The van der Waals surface area contributed by atoms with Gasteiger partial charge in [0.15, 0.2) is 0 Å². The number of ether oxygens (including phenoxy) is 2. The normalized spacial score (nSPS) is 21.4. The van der Waals surface area contributed by atoms with Crippen molar-refractivity contribution in [2.75, 3.05) is 26.7 Å². The second-order valence-electron chi connectivity index (χ2n) is 9.60. The number of nitrogens with zero attached hydrogens (tertiary/aromatic N) is 2. The van der Waals surface area contributed by atoms with Gasteiger partial charge in [0.25, 0.3) is 0 Å². The number of hydrogen-bond donors (Lipinski definition) is 1. The standard InChI is InChI=1S/C24H35N3O5/c1-24(2,3)32-23(30)25-14-18-8-6-12-26(15-18)22(29)20-10-11-21(28)27(20)16-17-7-5-9-19(13-17)31-4/h5,7,9,13,18,20H,6,8,10-12,14-16H2,1-4H3,(H,25,30)/t18-,20+/m1/s1. The van der Waals surface area contributed by atoms with Gasteiger partial charge in [-0.2, -0.15) is 0 Å². The van der Waals surface area contributed by atoms with Gasteiger partial charge in [0.05, 0.1) is 7.11 Å². The highest BCUT2D eigenvalue weighted by atomic mass is 16.6. The molecule has 0 radical (unpaired) electrons. The first kappa shape index (κ1) is 23.9. The lowest BCUT2D eigenvalue weighted by atomic mass is 9.97. The van der Waals surface area contributed by atoms with Gasteiger partial charge in [-0.05, 0) is 63.6 Å². The van der Waals surface area contributed by atoms with Crippen molar-refractivity contribution in [3.63, 3.8) is 0 Å². The van der Waals surface area contributed by atoms with Crippen molar-refractivity contribution in [1.82, 2.24) is 15.1 Å². The van der Waals surface area contributed by atoms with Crippen LogP contribution in [0.4, 0.5) is 4.79 Å². The molecule has 0 aromatic heterocycles. The van der Waals surface area contributed by atoms with E-state index in [1.54, 1.807) is 12.0 Å². The first-order chi connectivity index (χ1) is 15.2. The minimum atomic E-state index is -0.542. The number of rotatable bonds is 6. The van der Waals surface area contributed by atoms with E-state index in [1.165, 1.54) is 0 Å². The molecule has 0 bridgehead atoms. The second-order valence-corrected chi connectivity index (χ2v) is 9.60. The lowest BCUT2D eigenvalue weighted by Crippen LogP contribution is -2.51. The maximum absolute atomic E-state index is 13.3. The number of carbonyl (C=O) groups excluding carboxylic acids is 3. The molecule has 2 aliphatic rings. The molecule has 176 valence electrons. The minimum Gasteiger partial charge on any atom is -0.497 e. The monoisotopic (exact) mass is 445 g/mol. The summed E-state index contributed by atoms with van der Waals surface area (Å²) in [7, 11) is 1.61. The summed E-state index contributed by atoms with van der Waals surface area (Å²) in [6.07, 6.45) is 2.31. The molecule has 32 heavy (non-hydrogen) atoms. The fraction of sp³-hybridized carbons (Fsp3) is 0.625. The Morgan fingerprint density at radius 2 is 2.00 bits per heavy atom. The van der Waals surface area contributed by atoms with Gasteiger partial charge in [-0.3, -0.25) is 9.59 Å². The number of methoxy groups -OCH3 is 1. The van der Waals surface area contributed by atoms with E-state index < -0.39 is 17.7 Å². The van der Waals surface area contributed by atoms with Crippen molar-refractivity contribution in [1.29, 1.82) is 0 Å². The molecule has 2 saturated heterocycles. The van der Waals surface area contributed by atoms with Crippen molar-refractivity contribution in [3.8, 4) is 5.75 Å². The van der Waals surface area contributed by atoms with Crippen molar-refractivity contribution < 1.29 is 23.9 Å². The molecule has 3 rings (SSSR count). The third-order valence-electron chi connectivity index (χ3n) is 5.86. The van der Waals surface area contributed by atoms with Crippen LogP contribution in [0.3, 0.4) is 0 Å². The number of nitrogens with one attached hydrogen (secondary N) is 1. The average molecular weight is 446 g/mol. The van der Waals surface area contributed by atoms with Crippen LogP contribution < -0.4 is 10.1 Å². The van der Waals surface area contributed by atoms with Crippen LogP contribution in [0.1, 0.15) is 52.0 Å². The van der Waals surface area contributed by atoms with Crippen molar-refractivity contribution in [3.05, 3.63) is 29.8 Å². The van der Waals surface area contributed by atoms with Gasteiger partial charge in [-0.1, -0.05) is 12.1 Å². The SMILES string of the molecule is COc1cccc(CN2C(=O)CC[C@H]2C(=O)N2CCC[C@H](CNC(=O)OC(C)(C)C)C2)c1. The summed E-state index contributed by atoms with van der Waals surface area (Å²) in [6.45, 7) is 7.60. The molecule has 8 nitrogen and oxygen atoms in total. The summed E-state index contributed by atoms with van der Waals surface area (Å²) < 4.78 is 10.6. The smallest absolute Gasteiger partial charge is 0.407 e. The van der Waals surface area contributed by atoms with Gasteiger partial charge in [-0.15, -0.1) is 0 Å². The van der Waals surface area contributed by atoms with Gasteiger partial charge in [-0.25, -0.2) is 4.79 Å². The first-order valence-electron chi connectivity index (χ1n) is 11.3. The molecule has 2 heterocycles. The summed E-state index contributed by atoms with van der Waals surface area (Å²) >= 11 is 0. The van der Waals surface area contributed by atoms with E-state index in [2.05, 4.69) is 5.32 Å². The highest BCUT2D eigenvalue weighted by molar-refractivity contribution is 5.91. The van der Waals surface area contributed by atoms with Crippen LogP contribution in [-0.4, -0.2) is 66.1 Å². The minimum absolute atomic E-state index is 0.000661. The summed E-state index contributed by atoms with van der Waals surface area (Å²) in [5, 5.41) is 2.82. The van der Waals surface area contributed by atoms with Gasteiger partial charge in [0, 0.05) is 32.6 Å². The maximum Gasteiger partial charge on any atom is 0.407 e. The number of amides is 3. The molecular formula is C24H35N3O5. The number of alkyl carbamates (subject to hydrolysis) is 1. The maximum atomic E-state index is 13.3. The van der Waals surface area contributed by atoms with Crippen LogP contribution in [0.25, 0.3) is 0 Å². The number of piperidine rings is 1. The molecule has 1 aromatic rings. The van der Waals surface area contributed by atoms with E-state index in [0.717, 1.165) is 24.2 Å². The van der Waals surface area contributed by atoms with Crippen LogP contribution in [0, 0.1) is 5.92 Å². The molecule has 0 saturated carbocycles. The molecule has 1 N–H and O–H groups in total. The zero-order valence-corrected chi connectivity index (χ0v) is 19.6. The van der Waals surface area contributed by atoms with Crippen LogP contribution in [0.15, 0.2) is 24.3 Å². The molecule has 0 unspecified atom stereocenters. The van der Waals surface area contributed by atoms with E-state index in [-0.39, 0.29) is 17.7 Å². The zero-order chi connectivity index (χ0) is 23.3. The van der Waals surface area contributed by atoms with E-state index in [1.807, 2.05) is 49.9 Å². The predicted molar refractivity (Wildman–Crippen MR) is 120 cm³/mol. The number of hydrogen-bond acceptors (Lipinski definition) is 5. The Balaban J connectivity index is 1.58. The second kappa shape index (κ2) is 10.2. The number of carbonyl (C=O) groups is 3. The lowest BCUT2D eigenvalue weighted by molar-refractivity contribution is -0.143. The fourth-order valence-corrected chi connectivity index (χ4v) is 4.34. The third-order valence-corrected chi connectivity index (χ3v) is 5.86. The molecule has 0 aliphatic carbocycles. The van der Waals surface area contributed by atoms with Crippen LogP contribution in [0.2, 0.25) is 0 Å². The molecule has 0 spiro atoms. The van der Waals surface area contributed by atoms with E-state index in [9.17, 15) is 14.4 Å². The molecule has 1 aromatic carbocycles. The van der Waals surface area contributed by atoms with E-state index in [0.29, 0.717) is 39.0 Å². The Labute approximate surface area is 190 Å². The molecule has 2 atom stereocenters. The molecule has 2 fully saturated rings. The molecule has 2 aliphatic heterocycles. The summed E-state index contributed by atoms with van der Waals surface area (Å²) in [5.74, 6) is 0.907. The summed E-state index contributed by atoms with van der Waals surface area (Å²) in [6, 6.07) is 7.14. The van der Waals surface area contributed by atoms with Gasteiger partial charge in [0.2, 0.25) is 11.8 Å².